The zero-order valence-electron chi connectivity index (χ0n) is 27.2. The Morgan fingerprint density at radius 1 is 0.927 bits per heavy atom. The SMILES string of the molecule is CO[C@]12CCCCC1[C@H]1OC(C)(C)O[C@@H]1C1C2[C@@H](OCc2ccccc2)C[C@@]2(C)C1CC[C@@H]2O[Si](C)(C)C(C)(C)C. The number of hydrogen-bond acceptors (Lipinski definition) is 5. The highest BCUT2D eigenvalue weighted by atomic mass is 28.4. The minimum Gasteiger partial charge on any atom is -0.413 e. The van der Waals surface area contributed by atoms with E-state index in [0.29, 0.717) is 24.4 Å². The summed E-state index contributed by atoms with van der Waals surface area (Å²) < 4.78 is 35.0. The van der Waals surface area contributed by atoms with E-state index in [0.717, 1.165) is 25.7 Å². The van der Waals surface area contributed by atoms with E-state index >= 15 is 0 Å². The zero-order valence-corrected chi connectivity index (χ0v) is 28.2. The van der Waals surface area contributed by atoms with E-state index < -0.39 is 14.1 Å². The van der Waals surface area contributed by atoms with Crippen molar-refractivity contribution in [2.75, 3.05) is 7.11 Å². The molecule has 1 aliphatic heterocycles. The van der Waals surface area contributed by atoms with Gasteiger partial charge < -0.3 is 23.4 Å². The minimum atomic E-state index is -1.95. The van der Waals surface area contributed by atoms with Crippen LogP contribution >= 0.6 is 0 Å². The third-order valence-corrected chi connectivity index (χ3v) is 17.1. The summed E-state index contributed by atoms with van der Waals surface area (Å²) in [7, 11) is 0.0183. The van der Waals surface area contributed by atoms with Crippen LogP contribution in [0.25, 0.3) is 0 Å². The molecule has 5 aliphatic rings. The standard InChI is InChI=1S/C35H56O5Si/c1-32(2,3)41(8,9)40-27-19-18-24-28-29(26(21-34(24,27)6)37-22-23-15-11-10-12-16-23)35(36-7)20-14-13-17-25(35)30-31(28)39-33(4,5)38-30/h10-12,15-16,24-31H,13-14,17-22H2,1-9H3/t24?,25?,26-,27-,28?,29?,30+,31+,34-,35+/m0/s1. The van der Waals surface area contributed by atoms with Gasteiger partial charge in [0.15, 0.2) is 14.1 Å². The molecule has 5 nitrogen and oxygen atoms in total. The third-order valence-electron chi connectivity index (χ3n) is 12.6. The Morgan fingerprint density at radius 3 is 2.32 bits per heavy atom. The second kappa shape index (κ2) is 10.4. The number of ether oxygens (including phenoxy) is 4. The maximum atomic E-state index is 7.32. The van der Waals surface area contributed by atoms with Crippen molar-refractivity contribution in [3.05, 3.63) is 35.9 Å². The molecule has 230 valence electrons. The van der Waals surface area contributed by atoms with Gasteiger partial charge in [-0.2, -0.15) is 0 Å². The molecule has 1 heterocycles. The Kier molecular flexibility index (Phi) is 7.69. The van der Waals surface area contributed by atoms with E-state index in [9.17, 15) is 0 Å². The Hall–Kier alpha value is -0.763. The van der Waals surface area contributed by atoms with E-state index in [1.54, 1.807) is 0 Å². The van der Waals surface area contributed by atoms with Gasteiger partial charge in [0.2, 0.25) is 0 Å². The zero-order chi connectivity index (χ0) is 29.4. The molecule has 1 aromatic rings. The summed E-state index contributed by atoms with van der Waals surface area (Å²) in [5.74, 6) is 0.861. The van der Waals surface area contributed by atoms with Gasteiger partial charge in [0, 0.05) is 18.9 Å². The monoisotopic (exact) mass is 584 g/mol. The average molecular weight is 585 g/mol. The van der Waals surface area contributed by atoms with Crippen LogP contribution in [0.5, 0.6) is 0 Å². The van der Waals surface area contributed by atoms with Gasteiger partial charge in [-0.3, -0.25) is 0 Å². The summed E-state index contributed by atoms with van der Waals surface area (Å²) in [6.07, 6.45) is 8.45. The molecule has 4 aliphatic carbocycles. The van der Waals surface area contributed by atoms with Crippen LogP contribution in [0.2, 0.25) is 18.1 Å². The first-order chi connectivity index (χ1) is 19.2. The normalized spacial score (nSPS) is 43.6. The first kappa shape index (κ1) is 30.3. The fourth-order valence-electron chi connectivity index (χ4n) is 9.81. The number of methoxy groups -OCH3 is 1. The van der Waals surface area contributed by atoms with Gasteiger partial charge >= 0.3 is 0 Å². The molecular weight excluding hydrogens is 528 g/mol. The summed E-state index contributed by atoms with van der Waals surface area (Å²) in [5, 5.41) is 0.180. The van der Waals surface area contributed by atoms with Crippen LogP contribution < -0.4 is 0 Å². The van der Waals surface area contributed by atoms with Crippen LogP contribution in [0.15, 0.2) is 30.3 Å². The first-order valence-corrected chi connectivity index (χ1v) is 19.4. The van der Waals surface area contributed by atoms with Crippen molar-refractivity contribution in [1.29, 1.82) is 0 Å². The predicted octanol–water partition coefficient (Wildman–Crippen LogP) is 8.12. The summed E-state index contributed by atoms with van der Waals surface area (Å²) in [4.78, 5) is 0. The maximum absolute atomic E-state index is 7.32. The average Bonchev–Trinajstić information content (AvgIpc) is 3.41. The Bertz CT molecular complexity index is 1080. The lowest BCUT2D eigenvalue weighted by molar-refractivity contribution is -0.272. The maximum Gasteiger partial charge on any atom is 0.192 e. The van der Waals surface area contributed by atoms with Crippen molar-refractivity contribution in [3.63, 3.8) is 0 Å². The van der Waals surface area contributed by atoms with Crippen LogP contribution in [0.3, 0.4) is 0 Å². The van der Waals surface area contributed by atoms with Crippen LogP contribution in [-0.2, 0) is 30.0 Å². The molecule has 1 saturated heterocycles. The largest absolute Gasteiger partial charge is 0.413 e. The summed E-state index contributed by atoms with van der Waals surface area (Å²) in [6.45, 7) is 19.3. The molecule has 10 atom stereocenters. The molecule has 4 unspecified atom stereocenters. The molecule has 0 bridgehead atoms. The van der Waals surface area contributed by atoms with Crippen molar-refractivity contribution in [2.24, 2.45) is 29.1 Å². The highest BCUT2D eigenvalue weighted by molar-refractivity contribution is 6.74. The lowest BCUT2D eigenvalue weighted by Crippen LogP contribution is -2.71. The third kappa shape index (κ3) is 4.91. The Morgan fingerprint density at radius 2 is 1.63 bits per heavy atom. The van der Waals surface area contributed by atoms with E-state index in [2.05, 4.69) is 85.0 Å². The lowest BCUT2D eigenvalue weighted by Gasteiger charge is -2.64. The Balaban J connectivity index is 1.43. The van der Waals surface area contributed by atoms with Crippen molar-refractivity contribution in [2.45, 2.75) is 147 Å². The highest BCUT2D eigenvalue weighted by Crippen LogP contribution is 2.68. The van der Waals surface area contributed by atoms with Crippen LogP contribution in [0, 0.1) is 29.1 Å². The second-order valence-electron chi connectivity index (χ2n) is 16.3. The second-order valence-corrected chi connectivity index (χ2v) is 21.0. The van der Waals surface area contributed by atoms with Crippen LogP contribution in [-0.4, -0.2) is 51.2 Å². The molecule has 1 aromatic carbocycles. The molecular formula is C35H56O5Si. The molecule has 41 heavy (non-hydrogen) atoms. The summed E-state index contributed by atoms with van der Waals surface area (Å²) in [5.41, 5.74) is 1.02. The van der Waals surface area contributed by atoms with Gasteiger partial charge in [0.1, 0.15) is 0 Å². The van der Waals surface area contributed by atoms with Crippen LogP contribution in [0.4, 0.5) is 0 Å². The van der Waals surface area contributed by atoms with Crippen LogP contribution in [0.1, 0.15) is 92.1 Å². The predicted molar refractivity (Wildman–Crippen MR) is 165 cm³/mol. The molecule has 6 rings (SSSR count). The van der Waals surface area contributed by atoms with Gasteiger partial charge in [-0.05, 0) is 86.9 Å². The number of fused-ring (bicyclic) bond motifs is 8. The molecule has 0 amide bonds. The van der Waals surface area contributed by atoms with Gasteiger partial charge in [-0.1, -0.05) is 70.9 Å². The molecule has 5 fully saturated rings. The van der Waals surface area contributed by atoms with Gasteiger partial charge in [0.25, 0.3) is 0 Å². The summed E-state index contributed by atoms with van der Waals surface area (Å²) in [6, 6.07) is 10.7. The topological polar surface area (TPSA) is 46.2 Å². The van der Waals surface area contributed by atoms with Gasteiger partial charge in [-0.25, -0.2) is 0 Å². The Labute approximate surface area is 250 Å². The first-order valence-electron chi connectivity index (χ1n) is 16.5. The van der Waals surface area contributed by atoms with Crippen molar-refractivity contribution < 1.29 is 23.4 Å². The fraction of sp³-hybridized carbons (Fsp3) is 0.829. The minimum absolute atomic E-state index is 0.0229. The molecule has 6 heteroatoms. The summed E-state index contributed by atoms with van der Waals surface area (Å²) >= 11 is 0. The van der Waals surface area contributed by atoms with Gasteiger partial charge in [-0.15, -0.1) is 0 Å². The van der Waals surface area contributed by atoms with Gasteiger partial charge in [0.05, 0.1) is 36.6 Å². The van der Waals surface area contributed by atoms with E-state index in [4.69, 9.17) is 23.4 Å². The molecule has 0 aromatic heterocycles. The fourth-order valence-corrected chi connectivity index (χ4v) is 11.3. The van der Waals surface area contributed by atoms with E-state index in [1.807, 2.05) is 7.11 Å². The molecule has 0 radical (unpaired) electrons. The number of rotatable bonds is 6. The highest BCUT2D eigenvalue weighted by Gasteiger charge is 2.72. The smallest absolute Gasteiger partial charge is 0.192 e. The molecule has 0 N–H and O–H groups in total. The number of benzene rings is 1. The van der Waals surface area contributed by atoms with Crippen molar-refractivity contribution in [3.8, 4) is 0 Å². The van der Waals surface area contributed by atoms with Crippen molar-refractivity contribution in [1.82, 2.24) is 0 Å². The van der Waals surface area contributed by atoms with E-state index in [1.165, 1.54) is 24.8 Å². The van der Waals surface area contributed by atoms with E-state index in [-0.39, 0.29) is 46.4 Å². The molecule has 0 spiro atoms. The molecule has 4 saturated carbocycles. The quantitative estimate of drug-likeness (QED) is 0.316. The van der Waals surface area contributed by atoms with Crippen molar-refractivity contribution >= 4 is 8.32 Å². The number of hydrogen-bond donors (Lipinski definition) is 0. The lowest BCUT2D eigenvalue weighted by atomic mass is 9.46.